The molecule has 0 radical (unpaired) electrons. The van der Waals surface area contributed by atoms with E-state index >= 15 is 0 Å². The van der Waals surface area contributed by atoms with Gasteiger partial charge in [-0.15, -0.1) is 0 Å². The molecule has 3 aromatic carbocycles. The lowest BCUT2D eigenvalue weighted by atomic mass is 9.68. The number of hydrogen-bond acceptors (Lipinski definition) is 8. The van der Waals surface area contributed by atoms with Crippen LogP contribution in [-0.4, -0.2) is 55.8 Å². The van der Waals surface area contributed by atoms with Crippen molar-refractivity contribution in [2.45, 2.75) is 56.2 Å². The molecule has 2 N–H and O–H groups in total. The van der Waals surface area contributed by atoms with Crippen LogP contribution in [0.15, 0.2) is 83.7 Å². The number of nitrogens with one attached hydrogen (secondary N) is 2. The Labute approximate surface area is 280 Å². The number of nitriles is 1. The highest BCUT2D eigenvalue weighted by Crippen LogP contribution is 2.40. The molecule has 1 heterocycles. The molecule has 1 amide bonds. The Morgan fingerprint density at radius 2 is 1.67 bits per heavy atom. The standard InChI is InChI=1S/C36H35F3N4O6/c1-41-34(46)48-25-15-17-35(18-16-25,24-11-7-4-8-12-24)22-42-30(49-33(45)36(37,38)39)21-43-29(20-40)31(23-9-5-3-6-10-23)28-19-26(47-2)13-14-27(28)32(43)44/h3-14,19,25,30,42H,15-18,21-22H2,1-2H3,(H,41,46). The number of pyridine rings is 1. The van der Waals surface area contributed by atoms with E-state index in [2.05, 4.69) is 16.7 Å². The van der Waals surface area contributed by atoms with Crippen molar-refractivity contribution in [3.8, 4) is 22.9 Å². The normalized spacial score (nSPS) is 18.2. The summed E-state index contributed by atoms with van der Waals surface area (Å²) in [6.07, 6.45) is -5.97. The number of rotatable bonds is 10. The number of hydrogen-bond donors (Lipinski definition) is 2. The first-order chi connectivity index (χ1) is 23.5. The molecule has 1 fully saturated rings. The van der Waals surface area contributed by atoms with Crippen molar-refractivity contribution >= 4 is 22.8 Å². The molecule has 1 aliphatic carbocycles. The van der Waals surface area contributed by atoms with E-state index in [1.165, 1.54) is 20.2 Å². The largest absolute Gasteiger partial charge is 0.497 e. The Bertz CT molecular complexity index is 1900. The molecule has 13 heteroatoms. The van der Waals surface area contributed by atoms with Gasteiger partial charge in [0.15, 0.2) is 6.23 Å². The minimum absolute atomic E-state index is 0.0481. The van der Waals surface area contributed by atoms with E-state index in [0.29, 0.717) is 47.9 Å². The summed E-state index contributed by atoms with van der Waals surface area (Å²) in [5.74, 6) is -2.01. The van der Waals surface area contributed by atoms with Crippen LogP contribution in [0.25, 0.3) is 21.9 Å². The Morgan fingerprint density at radius 3 is 2.27 bits per heavy atom. The summed E-state index contributed by atoms with van der Waals surface area (Å²) in [6.45, 7) is -0.550. The van der Waals surface area contributed by atoms with E-state index in [9.17, 15) is 32.8 Å². The number of carbonyl (C=O) groups is 2. The molecule has 49 heavy (non-hydrogen) atoms. The minimum atomic E-state index is -5.32. The van der Waals surface area contributed by atoms with Crippen LogP contribution in [0.2, 0.25) is 0 Å². The summed E-state index contributed by atoms with van der Waals surface area (Å²) < 4.78 is 57.6. The van der Waals surface area contributed by atoms with Crippen molar-refractivity contribution in [3.05, 3.63) is 100 Å². The van der Waals surface area contributed by atoms with Crippen molar-refractivity contribution < 1.29 is 37.0 Å². The van der Waals surface area contributed by atoms with Crippen LogP contribution >= 0.6 is 0 Å². The smallest absolute Gasteiger partial charge is 0.490 e. The topological polar surface area (TPSA) is 132 Å². The molecule has 0 aliphatic heterocycles. The van der Waals surface area contributed by atoms with Gasteiger partial charge in [-0.1, -0.05) is 60.7 Å². The van der Waals surface area contributed by atoms with Gasteiger partial charge in [-0.3, -0.25) is 14.7 Å². The van der Waals surface area contributed by atoms with E-state index in [-0.39, 0.29) is 23.7 Å². The second-order valence-electron chi connectivity index (χ2n) is 11.8. The van der Waals surface area contributed by atoms with Crippen LogP contribution < -0.4 is 20.9 Å². The lowest BCUT2D eigenvalue weighted by Crippen LogP contribution is -2.50. The van der Waals surface area contributed by atoms with Gasteiger partial charge in [0.05, 0.1) is 13.7 Å². The van der Waals surface area contributed by atoms with Crippen LogP contribution in [-0.2, 0) is 26.2 Å². The van der Waals surface area contributed by atoms with Gasteiger partial charge in [0, 0.05) is 35.3 Å². The van der Waals surface area contributed by atoms with Crippen LogP contribution in [0, 0.1) is 11.3 Å². The number of carbonyl (C=O) groups excluding carboxylic acids is 2. The maximum absolute atomic E-state index is 14.0. The Balaban J connectivity index is 1.56. The number of methoxy groups -OCH3 is 1. The molecule has 1 aromatic heterocycles. The second kappa shape index (κ2) is 14.8. The first kappa shape index (κ1) is 35.0. The van der Waals surface area contributed by atoms with Crippen molar-refractivity contribution in [2.24, 2.45) is 0 Å². The van der Waals surface area contributed by atoms with Gasteiger partial charge in [-0.25, -0.2) is 9.59 Å². The average Bonchev–Trinajstić information content (AvgIpc) is 3.12. The van der Waals surface area contributed by atoms with Crippen molar-refractivity contribution in [1.29, 1.82) is 5.26 Å². The number of amides is 1. The predicted octanol–water partition coefficient (Wildman–Crippen LogP) is 5.81. The minimum Gasteiger partial charge on any atom is -0.497 e. The molecule has 4 aromatic rings. The van der Waals surface area contributed by atoms with Crippen LogP contribution in [0.3, 0.4) is 0 Å². The van der Waals surface area contributed by atoms with Gasteiger partial charge in [0.1, 0.15) is 23.6 Å². The zero-order valence-corrected chi connectivity index (χ0v) is 26.9. The van der Waals surface area contributed by atoms with Crippen molar-refractivity contribution in [3.63, 3.8) is 0 Å². The summed E-state index contributed by atoms with van der Waals surface area (Å²) in [5.41, 5.74) is 0.409. The fourth-order valence-electron chi connectivity index (χ4n) is 6.39. The molecule has 0 bridgehead atoms. The number of alkyl halides is 3. The molecule has 1 saturated carbocycles. The first-order valence-electron chi connectivity index (χ1n) is 15.6. The molecule has 10 nitrogen and oxygen atoms in total. The number of fused-ring (bicyclic) bond motifs is 1. The molecule has 256 valence electrons. The van der Waals surface area contributed by atoms with Crippen LogP contribution in [0.5, 0.6) is 5.75 Å². The zero-order chi connectivity index (χ0) is 35.2. The first-order valence-corrected chi connectivity index (χ1v) is 15.6. The SMILES string of the molecule is CNC(=O)OC1CCC(CNC(Cn2c(C#N)c(-c3ccccc3)c3cc(OC)ccc3c2=O)OC(=O)C(F)(F)F)(c2ccccc2)CC1. The predicted molar refractivity (Wildman–Crippen MR) is 175 cm³/mol. The number of ether oxygens (including phenoxy) is 3. The number of alkyl carbamates (subject to hydrolysis) is 1. The van der Waals surface area contributed by atoms with E-state index in [1.807, 2.05) is 30.3 Å². The zero-order valence-electron chi connectivity index (χ0n) is 26.9. The Kier molecular flexibility index (Phi) is 10.6. The molecule has 0 spiro atoms. The van der Waals surface area contributed by atoms with Crippen LogP contribution in [0.1, 0.15) is 36.9 Å². The number of benzene rings is 3. The molecule has 1 aliphatic rings. The summed E-state index contributed by atoms with van der Waals surface area (Å²) in [5, 5.41) is 16.5. The van der Waals surface area contributed by atoms with Gasteiger partial charge in [-0.05, 0) is 55.0 Å². The van der Waals surface area contributed by atoms with Crippen LogP contribution in [0.4, 0.5) is 18.0 Å². The van der Waals surface area contributed by atoms with E-state index in [0.717, 1.165) is 10.1 Å². The highest BCUT2D eigenvalue weighted by Gasteiger charge is 2.44. The van der Waals surface area contributed by atoms with Gasteiger partial charge in [-0.2, -0.15) is 18.4 Å². The molecule has 0 saturated heterocycles. The van der Waals surface area contributed by atoms with Gasteiger partial charge in [0.25, 0.3) is 5.56 Å². The summed E-state index contributed by atoms with van der Waals surface area (Å²) in [7, 11) is 2.93. The van der Waals surface area contributed by atoms with E-state index in [4.69, 9.17) is 14.2 Å². The molecular weight excluding hydrogens is 641 g/mol. The maximum atomic E-state index is 14.0. The average molecular weight is 677 g/mol. The van der Waals surface area contributed by atoms with Gasteiger partial charge < -0.3 is 19.5 Å². The second-order valence-corrected chi connectivity index (χ2v) is 11.8. The maximum Gasteiger partial charge on any atom is 0.490 e. The number of esters is 1. The lowest BCUT2D eigenvalue weighted by molar-refractivity contribution is -0.207. The molecule has 1 atom stereocenters. The quantitative estimate of drug-likeness (QED) is 0.159. The lowest BCUT2D eigenvalue weighted by Gasteiger charge is -2.41. The Hall–Kier alpha value is -5.35. The summed E-state index contributed by atoms with van der Waals surface area (Å²) in [4.78, 5) is 38.1. The molecular formula is C36H35F3N4O6. The summed E-state index contributed by atoms with van der Waals surface area (Å²) >= 11 is 0. The number of aromatic nitrogens is 1. The third-order valence-electron chi connectivity index (χ3n) is 8.90. The van der Waals surface area contributed by atoms with E-state index in [1.54, 1.807) is 42.5 Å². The van der Waals surface area contributed by atoms with Gasteiger partial charge in [0.2, 0.25) is 0 Å². The van der Waals surface area contributed by atoms with Crippen molar-refractivity contribution in [2.75, 3.05) is 20.7 Å². The fraction of sp³-hybridized carbons (Fsp3) is 0.333. The molecule has 1 unspecified atom stereocenters. The Morgan fingerprint density at radius 1 is 1.02 bits per heavy atom. The summed E-state index contributed by atoms with van der Waals surface area (Å²) in [6, 6.07) is 24.9. The molecule has 5 rings (SSSR count). The monoisotopic (exact) mass is 676 g/mol. The van der Waals surface area contributed by atoms with Gasteiger partial charge >= 0.3 is 18.2 Å². The number of halogens is 3. The van der Waals surface area contributed by atoms with E-state index < -0.39 is 42.0 Å². The van der Waals surface area contributed by atoms with Crippen molar-refractivity contribution in [1.82, 2.24) is 15.2 Å². The third kappa shape index (κ3) is 7.70. The number of nitrogens with zero attached hydrogens (tertiary/aromatic N) is 2. The third-order valence-corrected chi connectivity index (χ3v) is 8.90. The fourth-order valence-corrected chi connectivity index (χ4v) is 6.39. The highest BCUT2D eigenvalue weighted by molar-refractivity contribution is 5.99. The highest BCUT2D eigenvalue weighted by atomic mass is 19.4.